The molecule has 0 aliphatic rings. The van der Waals surface area contributed by atoms with Crippen LogP contribution in [0.5, 0.6) is 0 Å². The number of hydrogen-bond acceptors (Lipinski definition) is 6. The largest absolute Gasteiger partial charge is 0.461 e. The minimum Gasteiger partial charge on any atom is -0.461 e. The van der Waals surface area contributed by atoms with Gasteiger partial charge in [0.05, 0.1) is 18.5 Å². The third kappa shape index (κ3) is 2.77. The summed E-state index contributed by atoms with van der Waals surface area (Å²) in [5.74, 6) is 1.26. The fourth-order valence-electron chi connectivity index (χ4n) is 1.90. The van der Waals surface area contributed by atoms with Crippen LogP contribution in [0.3, 0.4) is 0 Å². The lowest BCUT2D eigenvalue weighted by Crippen LogP contribution is -2.01. The van der Waals surface area contributed by atoms with Gasteiger partial charge >= 0.3 is 0 Å². The van der Waals surface area contributed by atoms with Crippen molar-refractivity contribution in [3.05, 3.63) is 42.0 Å². The van der Waals surface area contributed by atoms with Gasteiger partial charge in [-0.2, -0.15) is 0 Å². The molecule has 0 bridgehead atoms. The first-order chi connectivity index (χ1) is 9.85. The highest BCUT2D eigenvalue weighted by Gasteiger charge is 2.10. The average molecular weight is 273 g/mol. The summed E-state index contributed by atoms with van der Waals surface area (Å²) in [6.45, 7) is 1.17. The second kappa shape index (κ2) is 5.70. The van der Waals surface area contributed by atoms with E-state index in [1.54, 1.807) is 17.0 Å². The van der Waals surface area contributed by atoms with Gasteiger partial charge in [-0.25, -0.2) is 4.68 Å². The van der Waals surface area contributed by atoms with E-state index in [2.05, 4.69) is 15.5 Å². The van der Waals surface area contributed by atoms with Gasteiger partial charge in [0.2, 0.25) is 5.76 Å². The van der Waals surface area contributed by atoms with Crippen LogP contribution in [0.4, 0.5) is 0 Å². The quantitative estimate of drug-likeness (QED) is 0.730. The molecule has 7 heteroatoms. The molecule has 0 atom stereocenters. The predicted octanol–water partition coefficient (Wildman–Crippen LogP) is 1.47. The van der Waals surface area contributed by atoms with Crippen molar-refractivity contribution < 1.29 is 8.94 Å². The SMILES string of the molecule is NCCCc1cn(Cc2cc(-c3ccco3)on2)nn1. The second-order valence-electron chi connectivity index (χ2n) is 4.46. The number of rotatable bonds is 6. The van der Waals surface area contributed by atoms with Crippen molar-refractivity contribution in [2.45, 2.75) is 19.4 Å². The van der Waals surface area contributed by atoms with Crippen molar-refractivity contribution >= 4 is 0 Å². The summed E-state index contributed by atoms with van der Waals surface area (Å²) in [5.41, 5.74) is 7.18. The lowest BCUT2D eigenvalue weighted by atomic mass is 10.2. The number of nitrogens with two attached hydrogens (primary N) is 1. The first-order valence-electron chi connectivity index (χ1n) is 6.43. The van der Waals surface area contributed by atoms with E-state index in [0.29, 0.717) is 24.6 Å². The van der Waals surface area contributed by atoms with Crippen LogP contribution in [0.2, 0.25) is 0 Å². The molecule has 0 amide bonds. The zero-order valence-corrected chi connectivity index (χ0v) is 10.9. The van der Waals surface area contributed by atoms with E-state index >= 15 is 0 Å². The zero-order valence-electron chi connectivity index (χ0n) is 10.9. The van der Waals surface area contributed by atoms with Gasteiger partial charge in [-0.3, -0.25) is 0 Å². The van der Waals surface area contributed by atoms with Crippen molar-refractivity contribution in [2.24, 2.45) is 5.73 Å². The summed E-state index contributed by atoms with van der Waals surface area (Å²) in [5, 5.41) is 12.1. The molecular weight excluding hydrogens is 258 g/mol. The molecule has 0 fully saturated rings. The third-order valence-corrected chi connectivity index (χ3v) is 2.87. The maximum atomic E-state index is 5.47. The number of nitrogens with zero attached hydrogens (tertiary/aromatic N) is 4. The third-order valence-electron chi connectivity index (χ3n) is 2.87. The fraction of sp³-hybridized carbons (Fsp3) is 0.308. The van der Waals surface area contributed by atoms with E-state index in [4.69, 9.17) is 14.7 Å². The van der Waals surface area contributed by atoms with Crippen molar-refractivity contribution in [1.82, 2.24) is 20.2 Å². The Balaban J connectivity index is 1.67. The van der Waals surface area contributed by atoms with Crippen LogP contribution in [-0.4, -0.2) is 26.7 Å². The molecular formula is C13H15N5O2. The first kappa shape index (κ1) is 12.6. The molecule has 0 aliphatic heterocycles. The molecule has 104 valence electrons. The first-order valence-corrected chi connectivity index (χ1v) is 6.43. The van der Waals surface area contributed by atoms with E-state index in [0.717, 1.165) is 24.2 Å². The lowest BCUT2D eigenvalue weighted by Gasteiger charge is -1.93. The standard InChI is InChI=1S/C13H15N5O2/c14-5-1-3-10-8-18(17-15-10)9-11-7-13(20-16-11)12-4-2-6-19-12/h2,4,6-8H,1,3,5,9,14H2. The van der Waals surface area contributed by atoms with Crippen molar-refractivity contribution in [3.63, 3.8) is 0 Å². The average Bonchev–Trinajstić information content (AvgIpc) is 3.18. The van der Waals surface area contributed by atoms with Gasteiger partial charge in [0, 0.05) is 12.3 Å². The predicted molar refractivity (Wildman–Crippen MR) is 70.7 cm³/mol. The molecule has 0 unspecified atom stereocenters. The van der Waals surface area contributed by atoms with E-state index in [1.165, 1.54) is 0 Å². The van der Waals surface area contributed by atoms with Crippen molar-refractivity contribution in [1.29, 1.82) is 0 Å². The minimum atomic E-state index is 0.514. The summed E-state index contributed by atoms with van der Waals surface area (Å²) in [7, 11) is 0. The van der Waals surface area contributed by atoms with Gasteiger partial charge < -0.3 is 14.7 Å². The number of hydrogen-bond donors (Lipinski definition) is 1. The normalized spacial score (nSPS) is 11.1. The lowest BCUT2D eigenvalue weighted by molar-refractivity contribution is 0.407. The van der Waals surface area contributed by atoms with E-state index in [-0.39, 0.29) is 0 Å². The molecule has 3 aromatic rings. The van der Waals surface area contributed by atoms with Gasteiger partial charge in [0.25, 0.3) is 0 Å². The van der Waals surface area contributed by atoms with Gasteiger partial charge in [-0.1, -0.05) is 10.4 Å². The Morgan fingerprint density at radius 2 is 2.20 bits per heavy atom. The number of aromatic nitrogens is 4. The monoisotopic (exact) mass is 273 g/mol. The van der Waals surface area contributed by atoms with Crippen LogP contribution in [0.1, 0.15) is 17.8 Å². The molecule has 0 aromatic carbocycles. The van der Waals surface area contributed by atoms with Crippen molar-refractivity contribution in [2.75, 3.05) is 6.54 Å². The summed E-state index contributed by atoms with van der Waals surface area (Å²) >= 11 is 0. The molecule has 0 aliphatic carbocycles. The Kier molecular flexibility index (Phi) is 3.60. The molecule has 3 heterocycles. The minimum absolute atomic E-state index is 0.514. The Hall–Kier alpha value is -2.41. The van der Waals surface area contributed by atoms with Crippen LogP contribution in [0, 0.1) is 0 Å². The van der Waals surface area contributed by atoms with Crippen molar-refractivity contribution in [3.8, 4) is 11.5 Å². The highest BCUT2D eigenvalue weighted by molar-refractivity contribution is 5.49. The highest BCUT2D eigenvalue weighted by atomic mass is 16.5. The molecule has 0 saturated heterocycles. The van der Waals surface area contributed by atoms with Crippen LogP contribution < -0.4 is 5.73 Å². The molecule has 0 saturated carbocycles. The second-order valence-corrected chi connectivity index (χ2v) is 4.46. The van der Waals surface area contributed by atoms with Gasteiger partial charge in [-0.05, 0) is 31.5 Å². The number of aryl methyl sites for hydroxylation is 1. The Morgan fingerprint density at radius 3 is 3.00 bits per heavy atom. The van der Waals surface area contributed by atoms with E-state index < -0.39 is 0 Å². The van der Waals surface area contributed by atoms with Crippen LogP contribution >= 0.6 is 0 Å². The molecule has 2 N–H and O–H groups in total. The zero-order chi connectivity index (χ0) is 13.8. The smallest absolute Gasteiger partial charge is 0.202 e. The fourth-order valence-corrected chi connectivity index (χ4v) is 1.90. The molecule has 0 spiro atoms. The maximum Gasteiger partial charge on any atom is 0.202 e. The van der Waals surface area contributed by atoms with Gasteiger partial charge in [-0.15, -0.1) is 5.10 Å². The van der Waals surface area contributed by atoms with Crippen LogP contribution in [-0.2, 0) is 13.0 Å². The topological polar surface area (TPSA) is 95.9 Å². The van der Waals surface area contributed by atoms with Crippen LogP contribution in [0.25, 0.3) is 11.5 Å². The highest BCUT2D eigenvalue weighted by Crippen LogP contribution is 2.20. The molecule has 3 aromatic heterocycles. The Bertz CT molecular complexity index is 656. The summed E-state index contributed by atoms with van der Waals surface area (Å²) in [6, 6.07) is 5.46. The van der Waals surface area contributed by atoms with Gasteiger partial charge in [0.15, 0.2) is 5.76 Å². The summed E-state index contributed by atoms with van der Waals surface area (Å²) in [6.07, 6.45) is 5.24. The molecule has 20 heavy (non-hydrogen) atoms. The van der Waals surface area contributed by atoms with E-state index in [1.807, 2.05) is 18.3 Å². The summed E-state index contributed by atoms with van der Waals surface area (Å²) < 4.78 is 12.2. The van der Waals surface area contributed by atoms with Crippen LogP contribution in [0.15, 0.2) is 39.6 Å². The Labute approximate surface area is 115 Å². The molecule has 7 nitrogen and oxygen atoms in total. The van der Waals surface area contributed by atoms with E-state index in [9.17, 15) is 0 Å². The van der Waals surface area contributed by atoms with Gasteiger partial charge in [0.1, 0.15) is 5.69 Å². The molecule has 0 radical (unpaired) electrons. The molecule has 3 rings (SSSR count). The Morgan fingerprint density at radius 1 is 1.25 bits per heavy atom. The number of furan rings is 1. The summed E-state index contributed by atoms with van der Waals surface area (Å²) in [4.78, 5) is 0. The maximum absolute atomic E-state index is 5.47.